The Bertz CT molecular complexity index is 846. The molecule has 3 rings (SSSR count). The average Bonchev–Trinajstić information content (AvgIpc) is 2.98. The molecular weight excluding hydrogens is 334 g/mol. The minimum atomic E-state index is 0.541. The Morgan fingerprint density at radius 1 is 1.20 bits per heavy atom. The molecular formula is C17H23N7S. The van der Waals surface area contributed by atoms with E-state index in [0.29, 0.717) is 13.0 Å². The first-order valence-corrected chi connectivity index (χ1v) is 9.43. The SMILES string of the molecule is CCn1c(C)nnc1SCCNc1nc(CCN)nc2ccccc12. The Kier molecular flexibility index (Phi) is 5.83. The zero-order chi connectivity index (χ0) is 17.6. The maximum absolute atomic E-state index is 5.65. The normalized spacial score (nSPS) is 11.2. The molecule has 0 bridgehead atoms. The van der Waals surface area contributed by atoms with Gasteiger partial charge in [0.05, 0.1) is 5.52 Å². The number of nitrogens with zero attached hydrogens (tertiary/aromatic N) is 5. The van der Waals surface area contributed by atoms with Crippen molar-refractivity contribution in [2.45, 2.75) is 32.0 Å². The lowest BCUT2D eigenvalue weighted by Gasteiger charge is -2.10. The van der Waals surface area contributed by atoms with Crippen molar-refractivity contribution in [1.82, 2.24) is 24.7 Å². The minimum absolute atomic E-state index is 0.541. The third-order valence-corrected chi connectivity index (χ3v) is 4.83. The van der Waals surface area contributed by atoms with Crippen LogP contribution in [0.3, 0.4) is 0 Å². The van der Waals surface area contributed by atoms with Crippen LogP contribution in [0.5, 0.6) is 0 Å². The van der Waals surface area contributed by atoms with Crippen molar-refractivity contribution >= 4 is 28.5 Å². The fourth-order valence-corrected chi connectivity index (χ4v) is 3.55. The minimum Gasteiger partial charge on any atom is -0.369 e. The molecule has 0 aliphatic rings. The summed E-state index contributed by atoms with van der Waals surface area (Å²) >= 11 is 1.70. The molecule has 0 atom stereocenters. The number of hydrogen-bond donors (Lipinski definition) is 2. The summed E-state index contributed by atoms with van der Waals surface area (Å²) in [6, 6.07) is 8.03. The predicted molar refractivity (Wildman–Crippen MR) is 102 cm³/mol. The Balaban J connectivity index is 1.68. The van der Waals surface area contributed by atoms with Crippen LogP contribution in [0.2, 0.25) is 0 Å². The summed E-state index contributed by atoms with van der Waals surface area (Å²) in [7, 11) is 0. The molecule has 0 aliphatic heterocycles. The zero-order valence-corrected chi connectivity index (χ0v) is 15.4. The van der Waals surface area contributed by atoms with Gasteiger partial charge in [0.15, 0.2) is 5.16 Å². The molecule has 0 saturated carbocycles. The van der Waals surface area contributed by atoms with E-state index in [2.05, 4.69) is 37.0 Å². The van der Waals surface area contributed by atoms with Crippen LogP contribution in [-0.4, -0.2) is 43.6 Å². The van der Waals surface area contributed by atoms with E-state index in [1.165, 1.54) is 0 Å². The Hall–Kier alpha value is -2.19. The second-order valence-corrected chi connectivity index (χ2v) is 6.66. The smallest absolute Gasteiger partial charge is 0.191 e. The highest BCUT2D eigenvalue weighted by Gasteiger charge is 2.09. The third-order valence-electron chi connectivity index (χ3n) is 3.86. The third kappa shape index (κ3) is 4.08. The monoisotopic (exact) mass is 357 g/mol. The van der Waals surface area contributed by atoms with E-state index >= 15 is 0 Å². The molecule has 0 spiro atoms. The molecule has 0 aliphatic carbocycles. The van der Waals surface area contributed by atoms with Gasteiger partial charge in [-0.25, -0.2) is 9.97 Å². The van der Waals surface area contributed by atoms with E-state index in [1.54, 1.807) is 11.8 Å². The number of para-hydroxylation sites is 1. The molecule has 3 aromatic rings. The fourth-order valence-electron chi connectivity index (χ4n) is 2.64. The van der Waals surface area contributed by atoms with Gasteiger partial charge >= 0.3 is 0 Å². The summed E-state index contributed by atoms with van der Waals surface area (Å²) in [6.07, 6.45) is 0.674. The molecule has 0 saturated heterocycles. The van der Waals surface area contributed by atoms with Crippen LogP contribution in [-0.2, 0) is 13.0 Å². The molecule has 2 heterocycles. The Morgan fingerprint density at radius 3 is 2.84 bits per heavy atom. The van der Waals surface area contributed by atoms with Crippen LogP contribution >= 0.6 is 11.8 Å². The molecule has 25 heavy (non-hydrogen) atoms. The van der Waals surface area contributed by atoms with Gasteiger partial charge in [-0.1, -0.05) is 23.9 Å². The first-order chi connectivity index (χ1) is 12.2. The van der Waals surface area contributed by atoms with Crippen molar-refractivity contribution in [3.8, 4) is 0 Å². The van der Waals surface area contributed by atoms with E-state index < -0.39 is 0 Å². The highest BCUT2D eigenvalue weighted by atomic mass is 32.2. The van der Waals surface area contributed by atoms with Crippen LogP contribution < -0.4 is 11.1 Å². The number of anilines is 1. The van der Waals surface area contributed by atoms with Crippen molar-refractivity contribution in [2.75, 3.05) is 24.2 Å². The summed E-state index contributed by atoms with van der Waals surface area (Å²) in [5.74, 6) is 3.47. The molecule has 0 radical (unpaired) electrons. The van der Waals surface area contributed by atoms with Gasteiger partial charge in [0.1, 0.15) is 17.5 Å². The number of benzene rings is 1. The van der Waals surface area contributed by atoms with E-state index in [0.717, 1.165) is 52.4 Å². The van der Waals surface area contributed by atoms with E-state index in [1.807, 2.05) is 31.2 Å². The van der Waals surface area contributed by atoms with Crippen molar-refractivity contribution < 1.29 is 0 Å². The second-order valence-electron chi connectivity index (χ2n) is 5.59. The maximum atomic E-state index is 5.65. The fraction of sp³-hybridized carbons (Fsp3) is 0.412. The van der Waals surface area contributed by atoms with Crippen LogP contribution in [0.25, 0.3) is 10.9 Å². The number of nitrogens with one attached hydrogen (secondary N) is 1. The van der Waals surface area contributed by atoms with Crippen molar-refractivity contribution in [3.05, 3.63) is 35.9 Å². The molecule has 132 valence electrons. The number of aryl methyl sites for hydroxylation is 1. The number of fused-ring (bicyclic) bond motifs is 1. The lowest BCUT2D eigenvalue weighted by atomic mass is 10.2. The molecule has 2 aromatic heterocycles. The topological polar surface area (TPSA) is 94.5 Å². The van der Waals surface area contributed by atoms with E-state index in [4.69, 9.17) is 5.73 Å². The lowest BCUT2D eigenvalue weighted by Crippen LogP contribution is -2.11. The molecule has 0 amide bonds. The van der Waals surface area contributed by atoms with Gasteiger partial charge in [-0.05, 0) is 32.5 Å². The standard InChI is InChI=1S/C17H23N7S/c1-3-24-12(2)22-23-17(24)25-11-10-19-16-13-6-4-5-7-14(13)20-15(21-16)8-9-18/h4-7H,3,8-11,18H2,1-2H3,(H,19,20,21). The van der Waals surface area contributed by atoms with Crippen LogP contribution in [0.15, 0.2) is 29.4 Å². The van der Waals surface area contributed by atoms with Gasteiger partial charge in [-0.3, -0.25) is 0 Å². The summed E-state index contributed by atoms with van der Waals surface area (Å²) in [4.78, 5) is 9.20. The van der Waals surface area contributed by atoms with Gasteiger partial charge in [-0.15, -0.1) is 10.2 Å². The molecule has 0 unspecified atom stereocenters. The largest absolute Gasteiger partial charge is 0.369 e. The van der Waals surface area contributed by atoms with E-state index in [9.17, 15) is 0 Å². The number of nitrogens with two attached hydrogens (primary N) is 1. The van der Waals surface area contributed by atoms with E-state index in [-0.39, 0.29) is 0 Å². The van der Waals surface area contributed by atoms with Gasteiger partial charge < -0.3 is 15.6 Å². The van der Waals surface area contributed by atoms with Crippen molar-refractivity contribution in [3.63, 3.8) is 0 Å². The maximum Gasteiger partial charge on any atom is 0.191 e. The molecule has 8 heteroatoms. The highest BCUT2D eigenvalue weighted by Crippen LogP contribution is 2.21. The van der Waals surface area contributed by atoms with Gasteiger partial charge in [0.25, 0.3) is 0 Å². The van der Waals surface area contributed by atoms with Crippen LogP contribution in [0.1, 0.15) is 18.6 Å². The molecule has 7 nitrogen and oxygen atoms in total. The summed E-state index contributed by atoms with van der Waals surface area (Å²) in [5, 5.41) is 13.8. The van der Waals surface area contributed by atoms with Crippen molar-refractivity contribution in [2.24, 2.45) is 5.73 Å². The molecule has 0 fully saturated rings. The number of rotatable bonds is 8. The summed E-state index contributed by atoms with van der Waals surface area (Å²) in [6.45, 7) is 6.28. The first kappa shape index (κ1) is 17.6. The van der Waals surface area contributed by atoms with Gasteiger partial charge in [0.2, 0.25) is 0 Å². The summed E-state index contributed by atoms with van der Waals surface area (Å²) in [5.41, 5.74) is 6.59. The Labute approximate surface area is 151 Å². The van der Waals surface area contributed by atoms with Crippen LogP contribution in [0.4, 0.5) is 5.82 Å². The van der Waals surface area contributed by atoms with Crippen LogP contribution in [0, 0.1) is 6.92 Å². The highest BCUT2D eigenvalue weighted by molar-refractivity contribution is 7.99. The first-order valence-electron chi connectivity index (χ1n) is 8.45. The zero-order valence-electron chi connectivity index (χ0n) is 14.6. The average molecular weight is 357 g/mol. The number of hydrogen-bond acceptors (Lipinski definition) is 7. The predicted octanol–water partition coefficient (Wildman–Crippen LogP) is 2.26. The van der Waals surface area contributed by atoms with Gasteiger partial charge in [0, 0.05) is 30.6 Å². The lowest BCUT2D eigenvalue weighted by molar-refractivity contribution is 0.662. The van der Waals surface area contributed by atoms with Gasteiger partial charge in [-0.2, -0.15) is 0 Å². The number of aromatic nitrogens is 5. The van der Waals surface area contributed by atoms with Crippen molar-refractivity contribution in [1.29, 1.82) is 0 Å². The Morgan fingerprint density at radius 2 is 2.04 bits per heavy atom. The quantitative estimate of drug-likeness (QED) is 0.471. The second kappa shape index (κ2) is 8.26. The summed E-state index contributed by atoms with van der Waals surface area (Å²) < 4.78 is 2.12. The number of thioether (sulfide) groups is 1. The molecule has 1 aromatic carbocycles. The molecule has 3 N–H and O–H groups in total.